The molecule has 12 heavy (non-hydrogen) atoms. The van der Waals surface area contributed by atoms with E-state index in [9.17, 15) is 4.79 Å². The number of nitrogens with one attached hydrogen (secondary N) is 1. The Bertz CT molecular complexity index is 207. The minimum atomic E-state index is -0.141. The molecule has 3 nitrogen and oxygen atoms in total. The van der Waals surface area contributed by atoms with E-state index in [0.717, 1.165) is 5.71 Å². The van der Waals surface area contributed by atoms with Crippen LogP contribution in [-0.4, -0.2) is 11.6 Å². The summed E-state index contributed by atoms with van der Waals surface area (Å²) < 4.78 is 0. The molecule has 0 atom stereocenters. The van der Waals surface area contributed by atoms with Crippen molar-refractivity contribution < 1.29 is 4.79 Å². The number of halogens is 1. The first-order chi connectivity index (χ1) is 5.52. The fourth-order valence-electron chi connectivity index (χ4n) is 0.479. The van der Waals surface area contributed by atoms with Crippen molar-refractivity contribution in [2.45, 2.75) is 26.7 Å². The van der Waals surface area contributed by atoms with Crippen LogP contribution in [0.15, 0.2) is 16.7 Å². The molecule has 0 aliphatic rings. The predicted octanol–water partition coefficient (Wildman–Crippen LogP) is 2.03. The summed E-state index contributed by atoms with van der Waals surface area (Å²) in [4.78, 5) is 10.9. The standard InChI is InChI=1S/C8H13ClN2O/c1-6(2)10-11-8(12)5-4-7(3)9/h3-5H2,1-2H3,(H,11,12). The lowest BCUT2D eigenvalue weighted by molar-refractivity contribution is -0.121. The molecule has 0 aromatic heterocycles. The number of allylic oxidation sites excluding steroid dienone is 1. The smallest absolute Gasteiger partial charge is 0.240 e. The second-order valence-corrected chi connectivity index (χ2v) is 3.15. The molecule has 0 bridgehead atoms. The second-order valence-electron chi connectivity index (χ2n) is 2.61. The molecule has 0 aliphatic carbocycles. The van der Waals surface area contributed by atoms with Gasteiger partial charge in [0.25, 0.3) is 0 Å². The molecule has 68 valence electrons. The molecule has 0 radical (unpaired) electrons. The van der Waals surface area contributed by atoms with Gasteiger partial charge in [-0.25, -0.2) is 5.43 Å². The normalized spacial score (nSPS) is 8.92. The zero-order chi connectivity index (χ0) is 9.56. The van der Waals surface area contributed by atoms with Gasteiger partial charge in [0.05, 0.1) is 0 Å². The Balaban J connectivity index is 3.61. The lowest BCUT2D eigenvalue weighted by atomic mass is 10.3. The Kier molecular flexibility index (Phi) is 5.37. The maximum atomic E-state index is 10.9. The van der Waals surface area contributed by atoms with Crippen LogP contribution in [0, 0.1) is 0 Å². The van der Waals surface area contributed by atoms with Crippen LogP contribution in [0.1, 0.15) is 26.7 Å². The zero-order valence-corrected chi connectivity index (χ0v) is 8.11. The number of carbonyl (C=O) groups excluding carboxylic acids is 1. The topological polar surface area (TPSA) is 41.5 Å². The van der Waals surface area contributed by atoms with Gasteiger partial charge in [0.1, 0.15) is 0 Å². The lowest BCUT2D eigenvalue weighted by Crippen LogP contribution is -2.17. The number of hydrogen-bond acceptors (Lipinski definition) is 2. The van der Waals surface area contributed by atoms with Gasteiger partial charge < -0.3 is 0 Å². The molecular weight excluding hydrogens is 176 g/mol. The number of rotatable bonds is 4. The summed E-state index contributed by atoms with van der Waals surface area (Å²) in [5.41, 5.74) is 3.20. The third-order valence-electron chi connectivity index (χ3n) is 1.03. The minimum absolute atomic E-state index is 0.141. The molecule has 0 rings (SSSR count). The van der Waals surface area contributed by atoms with Crippen molar-refractivity contribution in [3.05, 3.63) is 11.6 Å². The molecule has 0 heterocycles. The van der Waals surface area contributed by atoms with Gasteiger partial charge in [-0.15, -0.1) is 0 Å². The van der Waals surface area contributed by atoms with Gasteiger partial charge in [-0.2, -0.15) is 5.10 Å². The molecule has 1 N–H and O–H groups in total. The summed E-state index contributed by atoms with van der Waals surface area (Å²) in [5.74, 6) is -0.141. The van der Waals surface area contributed by atoms with E-state index in [-0.39, 0.29) is 5.91 Å². The molecule has 0 aromatic carbocycles. The van der Waals surface area contributed by atoms with E-state index in [1.165, 1.54) is 0 Å². The van der Waals surface area contributed by atoms with Gasteiger partial charge in [0, 0.05) is 17.2 Å². The third-order valence-corrected chi connectivity index (χ3v) is 1.22. The fraction of sp³-hybridized carbons (Fsp3) is 0.500. The van der Waals surface area contributed by atoms with E-state index in [1.54, 1.807) is 13.8 Å². The first kappa shape index (κ1) is 11.2. The Morgan fingerprint density at radius 1 is 1.50 bits per heavy atom. The van der Waals surface area contributed by atoms with Crippen LogP contribution >= 0.6 is 11.6 Å². The van der Waals surface area contributed by atoms with E-state index < -0.39 is 0 Å². The minimum Gasteiger partial charge on any atom is -0.273 e. The number of hydrazone groups is 1. The number of carbonyl (C=O) groups is 1. The quantitative estimate of drug-likeness (QED) is 0.533. The molecule has 0 fully saturated rings. The SMILES string of the molecule is C=C(Cl)CCC(=O)NN=C(C)C. The largest absolute Gasteiger partial charge is 0.273 e. The zero-order valence-electron chi connectivity index (χ0n) is 7.35. The van der Waals surface area contributed by atoms with Crippen molar-refractivity contribution in [1.29, 1.82) is 0 Å². The van der Waals surface area contributed by atoms with Crippen LogP contribution in [0.25, 0.3) is 0 Å². The highest BCUT2D eigenvalue weighted by Gasteiger charge is 1.99. The molecule has 1 amide bonds. The van der Waals surface area contributed by atoms with E-state index in [0.29, 0.717) is 17.9 Å². The molecule has 0 unspecified atom stereocenters. The molecule has 4 heteroatoms. The van der Waals surface area contributed by atoms with Crippen LogP contribution in [-0.2, 0) is 4.79 Å². The maximum absolute atomic E-state index is 10.9. The van der Waals surface area contributed by atoms with Gasteiger partial charge in [-0.1, -0.05) is 18.2 Å². The first-order valence-electron chi connectivity index (χ1n) is 3.65. The van der Waals surface area contributed by atoms with E-state index in [1.807, 2.05) is 0 Å². The predicted molar refractivity (Wildman–Crippen MR) is 51.2 cm³/mol. The van der Waals surface area contributed by atoms with Crippen LogP contribution in [0.5, 0.6) is 0 Å². The fourth-order valence-corrected chi connectivity index (χ4v) is 0.574. The van der Waals surface area contributed by atoms with E-state index in [4.69, 9.17) is 11.6 Å². The first-order valence-corrected chi connectivity index (χ1v) is 4.03. The molecular formula is C8H13ClN2O. The highest BCUT2D eigenvalue weighted by atomic mass is 35.5. The summed E-state index contributed by atoms with van der Waals surface area (Å²) in [6.45, 7) is 7.08. The van der Waals surface area contributed by atoms with Gasteiger partial charge in [-0.05, 0) is 20.3 Å². The Morgan fingerprint density at radius 2 is 2.08 bits per heavy atom. The summed E-state index contributed by atoms with van der Waals surface area (Å²) in [5, 5.41) is 4.24. The van der Waals surface area contributed by atoms with Crippen LogP contribution < -0.4 is 5.43 Å². The highest BCUT2D eigenvalue weighted by Crippen LogP contribution is 2.05. The average Bonchev–Trinajstić information content (AvgIpc) is 1.96. The lowest BCUT2D eigenvalue weighted by Gasteiger charge is -1.98. The van der Waals surface area contributed by atoms with Crippen molar-refractivity contribution in [3.8, 4) is 0 Å². The van der Waals surface area contributed by atoms with Crippen molar-refractivity contribution in [1.82, 2.24) is 5.43 Å². The average molecular weight is 189 g/mol. The monoisotopic (exact) mass is 188 g/mol. The van der Waals surface area contributed by atoms with Crippen LogP contribution in [0.3, 0.4) is 0 Å². The number of amides is 1. The van der Waals surface area contributed by atoms with Crippen LogP contribution in [0.2, 0.25) is 0 Å². The van der Waals surface area contributed by atoms with E-state index in [2.05, 4.69) is 17.1 Å². The Morgan fingerprint density at radius 3 is 2.50 bits per heavy atom. The van der Waals surface area contributed by atoms with Crippen LogP contribution in [0.4, 0.5) is 0 Å². The van der Waals surface area contributed by atoms with E-state index >= 15 is 0 Å². The summed E-state index contributed by atoms with van der Waals surface area (Å²) >= 11 is 5.47. The molecule has 0 saturated carbocycles. The summed E-state index contributed by atoms with van der Waals surface area (Å²) in [6.07, 6.45) is 0.824. The van der Waals surface area contributed by atoms with Gasteiger partial charge >= 0.3 is 0 Å². The molecule has 0 aromatic rings. The van der Waals surface area contributed by atoms with Gasteiger partial charge in [0.15, 0.2) is 0 Å². The number of nitrogens with zero attached hydrogens (tertiary/aromatic N) is 1. The summed E-state index contributed by atoms with van der Waals surface area (Å²) in [6, 6.07) is 0. The van der Waals surface area contributed by atoms with Crippen molar-refractivity contribution >= 4 is 23.2 Å². The van der Waals surface area contributed by atoms with Crippen molar-refractivity contribution in [2.75, 3.05) is 0 Å². The number of hydrogen-bond donors (Lipinski definition) is 1. The second kappa shape index (κ2) is 5.77. The van der Waals surface area contributed by atoms with Gasteiger partial charge in [0.2, 0.25) is 5.91 Å². The Labute approximate surface area is 77.5 Å². The maximum Gasteiger partial charge on any atom is 0.240 e. The van der Waals surface area contributed by atoms with Gasteiger partial charge in [-0.3, -0.25) is 4.79 Å². The molecule has 0 aliphatic heterocycles. The summed E-state index contributed by atoms with van der Waals surface area (Å²) in [7, 11) is 0. The third kappa shape index (κ3) is 7.28. The van der Waals surface area contributed by atoms with Crippen molar-refractivity contribution in [2.24, 2.45) is 5.10 Å². The van der Waals surface area contributed by atoms with Crippen molar-refractivity contribution in [3.63, 3.8) is 0 Å². The highest BCUT2D eigenvalue weighted by molar-refractivity contribution is 6.29. The Hall–Kier alpha value is -0.830. The molecule has 0 saturated heterocycles. The molecule has 0 spiro atoms.